The summed E-state index contributed by atoms with van der Waals surface area (Å²) in [4.78, 5) is 46.1. The Morgan fingerprint density at radius 2 is 1.77 bits per heavy atom. The first-order valence-electron chi connectivity index (χ1n) is 14.5. The van der Waals surface area contributed by atoms with Crippen molar-refractivity contribution in [2.75, 3.05) is 24.5 Å². The van der Waals surface area contributed by atoms with Crippen LogP contribution in [0.15, 0.2) is 45.1 Å². The summed E-state index contributed by atoms with van der Waals surface area (Å²) in [5, 5.41) is 3.32. The first-order valence-corrected chi connectivity index (χ1v) is 14.5. The minimum absolute atomic E-state index is 0.0716. The van der Waals surface area contributed by atoms with Gasteiger partial charge in [-0.25, -0.2) is 18.5 Å². The zero-order chi connectivity index (χ0) is 30.3. The van der Waals surface area contributed by atoms with Crippen LogP contribution in [0.25, 0.3) is 11.2 Å². The Bertz CT molecular complexity index is 1680. The molecule has 0 atom stereocenters. The summed E-state index contributed by atoms with van der Waals surface area (Å²) >= 11 is 0. The summed E-state index contributed by atoms with van der Waals surface area (Å²) in [5.41, 5.74) is 1.28. The fourth-order valence-corrected chi connectivity index (χ4v) is 6.38. The van der Waals surface area contributed by atoms with Crippen LogP contribution < -0.4 is 21.5 Å². The van der Waals surface area contributed by atoms with E-state index < -0.39 is 35.9 Å². The van der Waals surface area contributed by atoms with Crippen molar-refractivity contribution in [1.82, 2.24) is 24.0 Å². The molecule has 3 aromatic rings. The Labute approximate surface area is 243 Å². The molecule has 3 aliphatic rings. The number of imidazole rings is 1. The Morgan fingerprint density at radius 3 is 2.49 bits per heavy atom. The van der Waals surface area contributed by atoms with Crippen LogP contribution in [-0.4, -0.2) is 50.5 Å². The van der Waals surface area contributed by atoms with Crippen molar-refractivity contribution in [3.8, 4) is 0 Å². The van der Waals surface area contributed by atoms with Gasteiger partial charge in [0.25, 0.3) is 5.56 Å². The largest absolute Gasteiger partial charge is 0.490 e. The third-order valence-corrected chi connectivity index (χ3v) is 8.60. The molecule has 10 nitrogen and oxygen atoms in total. The van der Waals surface area contributed by atoms with Crippen molar-refractivity contribution >= 4 is 23.1 Å². The second kappa shape index (κ2) is 11.6. The molecule has 0 amide bonds. The number of anilines is 1. The van der Waals surface area contributed by atoms with Crippen LogP contribution >= 0.6 is 0 Å². The minimum Gasteiger partial charge on any atom is -0.437 e. The van der Waals surface area contributed by atoms with Gasteiger partial charge in [-0.2, -0.15) is 18.2 Å². The van der Waals surface area contributed by atoms with E-state index in [0.717, 1.165) is 59.9 Å². The van der Waals surface area contributed by atoms with E-state index >= 15 is 0 Å². The highest BCUT2D eigenvalue weighted by atomic mass is 19.4. The molecule has 14 heteroatoms. The van der Waals surface area contributed by atoms with Gasteiger partial charge in [-0.3, -0.25) is 9.36 Å². The van der Waals surface area contributed by atoms with Crippen molar-refractivity contribution in [2.45, 2.75) is 70.9 Å². The Kier molecular flexibility index (Phi) is 7.88. The van der Waals surface area contributed by atoms with Crippen molar-refractivity contribution in [3.05, 3.63) is 67.8 Å². The number of aromatic nitrogens is 4. The van der Waals surface area contributed by atoms with Gasteiger partial charge < -0.3 is 19.5 Å². The Morgan fingerprint density at radius 1 is 1.02 bits per heavy atom. The number of ether oxygens (including phenoxy) is 1. The van der Waals surface area contributed by atoms with Crippen LogP contribution in [0.2, 0.25) is 0 Å². The number of benzene rings is 1. The average molecular weight is 605 g/mol. The van der Waals surface area contributed by atoms with Crippen LogP contribution in [0.1, 0.15) is 44.1 Å². The molecule has 2 aromatic heterocycles. The highest BCUT2D eigenvalue weighted by molar-refractivity contribution is 5.77. The van der Waals surface area contributed by atoms with Crippen LogP contribution in [-0.2, 0) is 35.8 Å². The van der Waals surface area contributed by atoms with Gasteiger partial charge in [0.15, 0.2) is 17.9 Å². The first kappa shape index (κ1) is 29.1. The number of hydrogen-bond acceptors (Lipinski definition) is 7. The molecule has 1 saturated carbocycles. The zero-order valence-electron chi connectivity index (χ0n) is 23.5. The number of aryl methyl sites for hydroxylation is 1. The van der Waals surface area contributed by atoms with E-state index in [0.29, 0.717) is 31.1 Å². The van der Waals surface area contributed by atoms with E-state index in [1.54, 1.807) is 4.57 Å². The van der Waals surface area contributed by atoms with Crippen LogP contribution in [0.4, 0.5) is 23.5 Å². The van der Waals surface area contributed by atoms with E-state index in [4.69, 9.17) is 4.98 Å². The highest BCUT2D eigenvalue weighted by Gasteiger charge is 2.41. The van der Waals surface area contributed by atoms with Gasteiger partial charge in [-0.15, -0.1) is 0 Å². The van der Waals surface area contributed by atoms with E-state index in [-0.39, 0.29) is 30.0 Å². The first-order chi connectivity index (χ1) is 20.6. The molecule has 43 heavy (non-hydrogen) atoms. The van der Waals surface area contributed by atoms with E-state index in [1.807, 2.05) is 4.90 Å². The summed E-state index contributed by atoms with van der Waals surface area (Å²) in [6.07, 6.45) is 0.854. The van der Waals surface area contributed by atoms with Gasteiger partial charge >= 0.3 is 17.8 Å². The monoisotopic (exact) mass is 604 g/mol. The molecule has 230 valence electrons. The minimum atomic E-state index is -5.26. The molecule has 1 aliphatic carbocycles. The molecular weight excluding hydrogens is 572 g/mol. The number of carbonyl (C=O) groups excluding carboxylic acids is 1. The molecule has 0 bridgehead atoms. The predicted octanol–water partition coefficient (Wildman–Crippen LogP) is 3.45. The number of hydrogen-bond donors (Lipinski definition) is 1. The number of halogens is 4. The lowest BCUT2D eigenvalue weighted by atomic mass is 9.89. The summed E-state index contributed by atoms with van der Waals surface area (Å²) in [5.74, 6) is -2.20. The number of fused-ring (bicyclic) bond motifs is 1. The molecule has 0 spiro atoms. The van der Waals surface area contributed by atoms with Crippen LogP contribution in [0.3, 0.4) is 0 Å². The maximum atomic E-state index is 14.1. The topological polar surface area (TPSA) is 103 Å². The number of rotatable bonds is 8. The third kappa shape index (κ3) is 5.71. The quantitative estimate of drug-likeness (QED) is 0.311. The summed E-state index contributed by atoms with van der Waals surface area (Å²) in [6.45, 7) is 1.22. The van der Waals surface area contributed by atoms with Crippen LogP contribution in [0, 0.1) is 11.7 Å². The number of carbonyl (C=O) groups is 1. The van der Waals surface area contributed by atoms with Gasteiger partial charge in [0.2, 0.25) is 5.95 Å². The second-order valence-electron chi connectivity index (χ2n) is 11.4. The Hall–Kier alpha value is -3.94. The average Bonchev–Trinajstić information content (AvgIpc) is 3.69. The van der Waals surface area contributed by atoms with Gasteiger partial charge in [-0.1, -0.05) is 31.4 Å². The molecule has 0 saturated heterocycles. The van der Waals surface area contributed by atoms with E-state index in [1.165, 1.54) is 29.8 Å². The standard InChI is InChI=1S/C29H32F4N6O4/c30-21-8-6-18(7-9-21)10-12-37-25(40)23-24(39(28(37)42)17-43-26(41)29(31,32)33)35-27(36-13-11-20-14-34-15-22(20)36)38(23)16-19-4-2-1-3-5-19/h6-9,19,34H,1-5,10-17H2. The predicted molar refractivity (Wildman–Crippen MR) is 149 cm³/mol. The fraction of sp³-hybridized carbons (Fsp3) is 0.517. The van der Waals surface area contributed by atoms with Crippen LogP contribution in [0.5, 0.6) is 0 Å². The number of nitrogens with one attached hydrogen (secondary N) is 1. The van der Waals surface area contributed by atoms with Gasteiger partial charge in [0.1, 0.15) is 5.82 Å². The van der Waals surface area contributed by atoms with E-state index in [2.05, 4.69) is 10.1 Å². The normalized spacial score (nSPS) is 17.7. The smallest absolute Gasteiger partial charge is 0.437 e. The summed E-state index contributed by atoms with van der Waals surface area (Å²) in [7, 11) is 0. The number of alkyl halides is 3. The maximum absolute atomic E-state index is 14.1. The molecule has 6 rings (SSSR count). The molecule has 1 aromatic carbocycles. The van der Waals surface area contributed by atoms with Crippen molar-refractivity contribution in [2.24, 2.45) is 5.92 Å². The number of esters is 1. The zero-order valence-corrected chi connectivity index (χ0v) is 23.5. The molecule has 2 aliphatic heterocycles. The second-order valence-corrected chi connectivity index (χ2v) is 11.4. The maximum Gasteiger partial charge on any atom is 0.490 e. The van der Waals surface area contributed by atoms with Crippen molar-refractivity contribution in [3.63, 3.8) is 0 Å². The molecule has 1 N–H and O–H groups in total. The highest BCUT2D eigenvalue weighted by Crippen LogP contribution is 2.34. The third-order valence-electron chi connectivity index (χ3n) is 8.60. The van der Waals surface area contributed by atoms with Gasteiger partial charge in [0, 0.05) is 38.4 Å². The lowest BCUT2D eigenvalue weighted by Gasteiger charge is -2.26. The summed E-state index contributed by atoms with van der Waals surface area (Å²) < 4.78 is 60.6. The molecule has 0 radical (unpaired) electrons. The molecule has 0 unspecified atom stereocenters. The van der Waals surface area contributed by atoms with Gasteiger partial charge in [-0.05, 0) is 54.9 Å². The fourth-order valence-electron chi connectivity index (χ4n) is 6.38. The SMILES string of the molecule is O=C(OCn1c(=O)n(CCc2ccc(F)cc2)c(=O)c2c1nc(N1CCC3=C1CNC3)n2CC1CCCCC1)C(F)(F)F. The Balaban J connectivity index is 1.50. The van der Waals surface area contributed by atoms with Crippen molar-refractivity contribution < 1.29 is 27.1 Å². The lowest BCUT2D eigenvalue weighted by Crippen LogP contribution is -2.42. The van der Waals surface area contributed by atoms with Gasteiger partial charge in [0.05, 0.1) is 0 Å². The lowest BCUT2D eigenvalue weighted by molar-refractivity contribution is -0.203. The number of nitrogens with zero attached hydrogens (tertiary/aromatic N) is 5. The van der Waals surface area contributed by atoms with Crippen molar-refractivity contribution in [1.29, 1.82) is 0 Å². The molecular formula is C29H32F4N6O4. The molecule has 1 fully saturated rings. The molecule has 4 heterocycles. The van der Waals surface area contributed by atoms with E-state index in [9.17, 15) is 31.9 Å². The summed E-state index contributed by atoms with van der Waals surface area (Å²) in [6, 6.07) is 5.59.